The van der Waals surface area contributed by atoms with Crippen molar-refractivity contribution in [2.75, 3.05) is 6.54 Å². The van der Waals surface area contributed by atoms with E-state index >= 15 is 0 Å². The number of aryl methyl sites for hydroxylation is 2. The van der Waals surface area contributed by atoms with Crippen molar-refractivity contribution in [2.24, 2.45) is 0 Å². The van der Waals surface area contributed by atoms with Gasteiger partial charge >= 0.3 is 0 Å². The number of benzene rings is 1. The Kier molecular flexibility index (Phi) is 4.48. The topological polar surface area (TPSA) is 24.9 Å². The molecule has 2 nitrogen and oxygen atoms in total. The summed E-state index contributed by atoms with van der Waals surface area (Å²) >= 11 is 0. The summed E-state index contributed by atoms with van der Waals surface area (Å²) in [6.45, 7) is 6.06. The van der Waals surface area contributed by atoms with Gasteiger partial charge in [0.25, 0.3) is 0 Å². The standard InChI is InChI=1S/C16H20N2/c1-13-5-3-4-6-16(13)9-10-17-11-15-8-7-14(2)18-12-15/h3-8,12,17H,9-11H2,1-2H3. The van der Waals surface area contributed by atoms with Crippen LogP contribution >= 0.6 is 0 Å². The van der Waals surface area contributed by atoms with Crippen molar-refractivity contribution >= 4 is 0 Å². The van der Waals surface area contributed by atoms with E-state index in [4.69, 9.17) is 0 Å². The van der Waals surface area contributed by atoms with E-state index in [-0.39, 0.29) is 0 Å². The third-order valence-corrected chi connectivity index (χ3v) is 3.13. The molecule has 2 rings (SSSR count). The van der Waals surface area contributed by atoms with Crippen LogP contribution in [0.5, 0.6) is 0 Å². The zero-order valence-electron chi connectivity index (χ0n) is 11.1. The second kappa shape index (κ2) is 6.31. The summed E-state index contributed by atoms with van der Waals surface area (Å²) in [5.74, 6) is 0. The predicted octanol–water partition coefficient (Wildman–Crippen LogP) is 3.03. The number of nitrogens with zero attached hydrogens (tertiary/aromatic N) is 1. The zero-order valence-corrected chi connectivity index (χ0v) is 11.1. The van der Waals surface area contributed by atoms with Gasteiger partial charge in [0, 0.05) is 18.4 Å². The van der Waals surface area contributed by atoms with Crippen LogP contribution in [0.25, 0.3) is 0 Å². The number of hydrogen-bond acceptors (Lipinski definition) is 2. The number of pyridine rings is 1. The number of hydrogen-bond donors (Lipinski definition) is 1. The van der Waals surface area contributed by atoms with E-state index in [0.29, 0.717) is 0 Å². The fourth-order valence-corrected chi connectivity index (χ4v) is 1.95. The van der Waals surface area contributed by atoms with Gasteiger partial charge in [0.2, 0.25) is 0 Å². The van der Waals surface area contributed by atoms with Crippen LogP contribution in [0.1, 0.15) is 22.4 Å². The van der Waals surface area contributed by atoms with Gasteiger partial charge in [-0.2, -0.15) is 0 Å². The Balaban J connectivity index is 1.76. The molecule has 94 valence electrons. The molecule has 1 N–H and O–H groups in total. The maximum Gasteiger partial charge on any atom is 0.0372 e. The van der Waals surface area contributed by atoms with Crippen LogP contribution in [0.4, 0.5) is 0 Å². The summed E-state index contributed by atoms with van der Waals surface area (Å²) in [5.41, 5.74) is 5.10. The Bertz CT molecular complexity index is 489. The van der Waals surface area contributed by atoms with E-state index in [1.165, 1.54) is 16.7 Å². The van der Waals surface area contributed by atoms with Crippen LogP contribution in [0.3, 0.4) is 0 Å². The van der Waals surface area contributed by atoms with Gasteiger partial charge in [-0.3, -0.25) is 4.98 Å². The zero-order chi connectivity index (χ0) is 12.8. The van der Waals surface area contributed by atoms with Crippen LogP contribution in [-0.4, -0.2) is 11.5 Å². The molecular formula is C16H20N2. The smallest absolute Gasteiger partial charge is 0.0372 e. The van der Waals surface area contributed by atoms with Crippen LogP contribution in [0.15, 0.2) is 42.6 Å². The van der Waals surface area contributed by atoms with Gasteiger partial charge in [-0.05, 0) is 49.6 Å². The van der Waals surface area contributed by atoms with Gasteiger partial charge in [0.15, 0.2) is 0 Å². The van der Waals surface area contributed by atoms with E-state index < -0.39 is 0 Å². The summed E-state index contributed by atoms with van der Waals surface area (Å²) in [6.07, 6.45) is 3.02. The number of aromatic nitrogens is 1. The largest absolute Gasteiger partial charge is 0.312 e. The lowest BCUT2D eigenvalue weighted by molar-refractivity contribution is 0.683. The maximum atomic E-state index is 4.29. The molecule has 0 amide bonds. The molecule has 2 aromatic rings. The van der Waals surface area contributed by atoms with E-state index in [2.05, 4.69) is 53.6 Å². The Morgan fingerprint density at radius 2 is 1.89 bits per heavy atom. The average Bonchev–Trinajstić information content (AvgIpc) is 2.39. The fourth-order valence-electron chi connectivity index (χ4n) is 1.95. The molecule has 18 heavy (non-hydrogen) atoms. The highest BCUT2D eigenvalue weighted by molar-refractivity contribution is 5.25. The number of nitrogens with one attached hydrogen (secondary N) is 1. The van der Waals surface area contributed by atoms with Crippen molar-refractivity contribution in [3.05, 3.63) is 65.0 Å². The first-order valence-corrected chi connectivity index (χ1v) is 6.42. The summed E-state index contributed by atoms with van der Waals surface area (Å²) in [4.78, 5) is 4.29. The van der Waals surface area contributed by atoms with Gasteiger partial charge in [0.05, 0.1) is 0 Å². The van der Waals surface area contributed by atoms with Crippen molar-refractivity contribution in [1.82, 2.24) is 10.3 Å². The van der Waals surface area contributed by atoms with Gasteiger partial charge in [0.1, 0.15) is 0 Å². The minimum absolute atomic E-state index is 0.888. The lowest BCUT2D eigenvalue weighted by atomic mass is 10.1. The average molecular weight is 240 g/mol. The molecule has 0 aliphatic heterocycles. The summed E-state index contributed by atoms with van der Waals surface area (Å²) in [6, 6.07) is 12.7. The van der Waals surface area contributed by atoms with Gasteiger partial charge in [-0.15, -0.1) is 0 Å². The Morgan fingerprint density at radius 3 is 2.61 bits per heavy atom. The molecule has 0 saturated carbocycles. The predicted molar refractivity (Wildman–Crippen MR) is 75.6 cm³/mol. The molecular weight excluding hydrogens is 220 g/mol. The molecule has 0 radical (unpaired) electrons. The lowest BCUT2D eigenvalue weighted by Gasteiger charge is -2.07. The molecule has 0 aliphatic rings. The van der Waals surface area contributed by atoms with Crippen molar-refractivity contribution in [1.29, 1.82) is 0 Å². The van der Waals surface area contributed by atoms with E-state index in [1.54, 1.807) is 0 Å². The second-order valence-electron chi connectivity index (χ2n) is 4.66. The molecule has 0 fully saturated rings. The first kappa shape index (κ1) is 12.8. The minimum Gasteiger partial charge on any atom is -0.312 e. The van der Waals surface area contributed by atoms with E-state index in [9.17, 15) is 0 Å². The number of rotatable bonds is 5. The molecule has 0 unspecified atom stereocenters. The van der Waals surface area contributed by atoms with Crippen molar-refractivity contribution in [3.63, 3.8) is 0 Å². The summed E-state index contributed by atoms with van der Waals surface area (Å²) in [7, 11) is 0. The third-order valence-electron chi connectivity index (χ3n) is 3.13. The molecule has 0 atom stereocenters. The quantitative estimate of drug-likeness (QED) is 0.813. The first-order valence-electron chi connectivity index (χ1n) is 6.42. The molecule has 1 aromatic carbocycles. The normalized spacial score (nSPS) is 10.6. The molecule has 1 heterocycles. The van der Waals surface area contributed by atoms with E-state index in [0.717, 1.165) is 25.2 Å². The van der Waals surface area contributed by atoms with Gasteiger partial charge < -0.3 is 5.32 Å². The Morgan fingerprint density at radius 1 is 1.06 bits per heavy atom. The molecule has 1 aromatic heterocycles. The molecule has 0 bridgehead atoms. The lowest BCUT2D eigenvalue weighted by Crippen LogP contribution is -2.17. The Labute approximate surface area is 109 Å². The van der Waals surface area contributed by atoms with Crippen LogP contribution in [0.2, 0.25) is 0 Å². The van der Waals surface area contributed by atoms with Crippen LogP contribution < -0.4 is 5.32 Å². The van der Waals surface area contributed by atoms with Gasteiger partial charge in [-0.25, -0.2) is 0 Å². The third kappa shape index (κ3) is 3.67. The fraction of sp³-hybridized carbons (Fsp3) is 0.312. The minimum atomic E-state index is 0.888. The highest BCUT2D eigenvalue weighted by Gasteiger charge is 1.97. The highest BCUT2D eigenvalue weighted by Crippen LogP contribution is 2.07. The first-order chi connectivity index (χ1) is 8.75. The highest BCUT2D eigenvalue weighted by atomic mass is 14.8. The van der Waals surface area contributed by atoms with Crippen LogP contribution in [-0.2, 0) is 13.0 Å². The van der Waals surface area contributed by atoms with Crippen molar-refractivity contribution < 1.29 is 0 Å². The monoisotopic (exact) mass is 240 g/mol. The van der Waals surface area contributed by atoms with Crippen molar-refractivity contribution in [2.45, 2.75) is 26.8 Å². The molecule has 0 saturated heterocycles. The Hall–Kier alpha value is -1.67. The summed E-state index contributed by atoms with van der Waals surface area (Å²) in [5, 5.41) is 3.46. The van der Waals surface area contributed by atoms with Crippen molar-refractivity contribution in [3.8, 4) is 0 Å². The molecule has 2 heteroatoms. The maximum absolute atomic E-state index is 4.29. The summed E-state index contributed by atoms with van der Waals surface area (Å²) < 4.78 is 0. The second-order valence-corrected chi connectivity index (χ2v) is 4.66. The van der Waals surface area contributed by atoms with Crippen LogP contribution in [0, 0.1) is 13.8 Å². The van der Waals surface area contributed by atoms with Gasteiger partial charge in [-0.1, -0.05) is 30.3 Å². The SMILES string of the molecule is Cc1ccc(CNCCc2ccccc2C)cn1. The molecule has 0 aliphatic carbocycles. The van der Waals surface area contributed by atoms with E-state index in [1.807, 2.05) is 13.1 Å². The molecule has 0 spiro atoms.